The maximum absolute atomic E-state index is 4.30. The van der Waals surface area contributed by atoms with Gasteiger partial charge in [0.15, 0.2) is 0 Å². The SMILES string of the molecule is Cc1cc2ncc(Br)n2c(C)c1C. The van der Waals surface area contributed by atoms with Gasteiger partial charge in [0.2, 0.25) is 0 Å². The molecule has 0 aliphatic heterocycles. The smallest absolute Gasteiger partial charge is 0.138 e. The third kappa shape index (κ3) is 1.18. The number of aromatic nitrogens is 2. The molecular weight excluding hydrogens is 228 g/mol. The van der Waals surface area contributed by atoms with Crippen molar-refractivity contribution >= 4 is 21.6 Å². The normalized spacial score (nSPS) is 11.1. The van der Waals surface area contributed by atoms with E-state index in [-0.39, 0.29) is 0 Å². The quantitative estimate of drug-likeness (QED) is 0.690. The van der Waals surface area contributed by atoms with E-state index in [0.717, 1.165) is 10.3 Å². The van der Waals surface area contributed by atoms with Crippen molar-refractivity contribution < 1.29 is 0 Å². The molecule has 0 aromatic carbocycles. The number of aryl methyl sites for hydroxylation is 2. The third-order valence-corrected chi connectivity index (χ3v) is 3.12. The van der Waals surface area contributed by atoms with Crippen molar-refractivity contribution in [3.8, 4) is 0 Å². The lowest BCUT2D eigenvalue weighted by molar-refractivity contribution is 1.03. The Hall–Kier alpha value is -0.830. The van der Waals surface area contributed by atoms with Crippen molar-refractivity contribution in [2.45, 2.75) is 20.8 Å². The van der Waals surface area contributed by atoms with E-state index >= 15 is 0 Å². The molecule has 2 aromatic rings. The van der Waals surface area contributed by atoms with Crippen LogP contribution >= 0.6 is 15.9 Å². The number of hydrogen-bond acceptors (Lipinski definition) is 1. The summed E-state index contributed by atoms with van der Waals surface area (Å²) in [4.78, 5) is 4.30. The van der Waals surface area contributed by atoms with Crippen LogP contribution < -0.4 is 0 Å². The number of rotatable bonds is 0. The zero-order valence-corrected chi connectivity index (χ0v) is 9.51. The molecule has 0 saturated heterocycles. The highest BCUT2D eigenvalue weighted by molar-refractivity contribution is 9.10. The Morgan fingerprint density at radius 2 is 2.00 bits per heavy atom. The van der Waals surface area contributed by atoms with Crippen LogP contribution in [-0.4, -0.2) is 9.38 Å². The van der Waals surface area contributed by atoms with Crippen LogP contribution in [0.15, 0.2) is 16.9 Å². The number of halogens is 1. The molecule has 0 radical (unpaired) electrons. The van der Waals surface area contributed by atoms with Crippen LogP contribution in [0.4, 0.5) is 0 Å². The van der Waals surface area contributed by atoms with E-state index in [1.165, 1.54) is 16.8 Å². The van der Waals surface area contributed by atoms with E-state index in [0.29, 0.717) is 0 Å². The number of pyridine rings is 1. The van der Waals surface area contributed by atoms with Gasteiger partial charge in [-0.2, -0.15) is 0 Å². The molecule has 0 aliphatic carbocycles. The summed E-state index contributed by atoms with van der Waals surface area (Å²) in [7, 11) is 0. The predicted octanol–water partition coefficient (Wildman–Crippen LogP) is 3.02. The van der Waals surface area contributed by atoms with Gasteiger partial charge in [0.25, 0.3) is 0 Å². The third-order valence-electron chi connectivity index (χ3n) is 2.56. The molecule has 0 bridgehead atoms. The summed E-state index contributed by atoms with van der Waals surface area (Å²) >= 11 is 3.48. The van der Waals surface area contributed by atoms with Gasteiger partial charge < -0.3 is 0 Å². The Bertz CT molecular complexity index is 471. The van der Waals surface area contributed by atoms with Crippen LogP contribution in [0.1, 0.15) is 16.8 Å². The summed E-state index contributed by atoms with van der Waals surface area (Å²) in [5.74, 6) is 0. The molecule has 0 N–H and O–H groups in total. The highest BCUT2D eigenvalue weighted by Crippen LogP contribution is 2.20. The van der Waals surface area contributed by atoms with E-state index < -0.39 is 0 Å². The van der Waals surface area contributed by atoms with Crippen molar-refractivity contribution in [1.29, 1.82) is 0 Å². The Kier molecular flexibility index (Phi) is 1.91. The zero-order chi connectivity index (χ0) is 9.59. The van der Waals surface area contributed by atoms with Crippen molar-refractivity contribution in [2.24, 2.45) is 0 Å². The fourth-order valence-electron chi connectivity index (χ4n) is 1.53. The maximum atomic E-state index is 4.30. The molecule has 0 spiro atoms. The van der Waals surface area contributed by atoms with Gasteiger partial charge in [0, 0.05) is 5.69 Å². The lowest BCUT2D eigenvalue weighted by Gasteiger charge is -2.08. The maximum Gasteiger partial charge on any atom is 0.138 e. The Labute approximate surface area is 85.7 Å². The largest absolute Gasteiger partial charge is 0.291 e. The average molecular weight is 239 g/mol. The van der Waals surface area contributed by atoms with Gasteiger partial charge in [0.05, 0.1) is 6.20 Å². The molecule has 2 aromatic heterocycles. The fraction of sp³-hybridized carbons (Fsp3) is 0.300. The molecule has 0 saturated carbocycles. The first kappa shape index (κ1) is 8.75. The fourth-order valence-corrected chi connectivity index (χ4v) is 2.08. The summed E-state index contributed by atoms with van der Waals surface area (Å²) in [6.45, 7) is 6.36. The molecule has 2 heterocycles. The summed E-state index contributed by atoms with van der Waals surface area (Å²) in [6, 6.07) is 2.10. The van der Waals surface area contributed by atoms with Crippen LogP contribution in [0.3, 0.4) is 0 Å². The van der Waals surface area contributed by atoms with Crippen LogP contribution in [0.25, 0.3) is 5.65 Å². The molecule has 0 amide bonds. The highest BCUT2D eigenvalue weighted by atomic mass is 79.9. The first-order chi connectivity index (χ1) is 6.11. The van der Waals surface area contributed by atoms with Crippen LogP contribution in [0, 0.1) is 20.8 Å². The Balaban J connectivity index is 2.97. The van der Waals surface area contributed by atoms with Gasteiger partial charge in [-0.15, -0.1) is 0 Å². The van der Waals surface area contributed by atoms with Crippen molar-refractivity contribution in [2.75, 3.05) is 0 Å². The second-order valence-corrected chi connectivity index (χ2v) is 4.12. The minimum Gasteiger partial charge on any atom is -0.291 e. The molecule has 0 atom stereocenters. The number of nitrogens with zero attached hydrogens (tertiary/aromatic N) is 2. The van der Waals surface area contributed by atoms with E-state index in [1.54, 1.807) is 0 Å². The average Bonchev–Trinajstić information content (AvgIpc) is 2.43. The monoisotopic (exact) mass is 238 g/mol. The number of fused-ring (bicyclic) bond motifs is 1. The topological polar surface area (TPSA) is 17.3 Å². The number of hydrogen-bond donors (Lipinski definition) is 0. The predicted molar refractivity (Wildman–Crippen MR) is 57.1 cm³/mol. The lowest BCUT2D eigenvalue weighted by Crippen LogP contribution is -1.97. The molecule has 13 heavy (non-hydrogen) atoms. The van der Waals surface area contributed by atoms with Gasteiger partial charge >= 0.3 is 0 Å². The first-order valence-electron chi connectivity index (χ1n) is 4.21. The van der Waals surface area contributed by atoms with Crippen molar-refractivity contribution in [3.63, 3.8) is 0 Å². The van der Waals surface area contributed by atoms with Gasteiger partial charge in [-0.3, -0.25) is 4.40 Å². The molecule has 3 heteroatoms. The van der Waals surface area contributed by atoms with Crippen molar-refractivity contribution in [1.82, 2.24) is 9.38 Å². The molecule has 2 nitrogen and oxygen atoms in total. The second kappa shape index (κ2) is 2.84. The molecule has 2 rings (SSSR count). The molecular formula is C10H11BrN2. The van der Waals surface area contributed by atoms with Crippen LogP contribution in [-0.2, 0) is 0 Å². The summed E-state index contributed by atoms with van der Waals surface area (Å²) in [5, 5.41) is 0. The van der Waals surface area contributed by atoms with Gasteiger partial charge in [0.1, 0.15) is 10.3 Å². The molecule has 0 unspecified atom stereocenters. The van der Waals surface area contributed by atoms with E-state index in [4.69, 9.17) is 0 Å². The summed E-state index contributed by atoms with van der Waals surface area (Å²) in [5.41, 5.74) is 4.88. The standard InChI is InChI=1S/C10H11BrN2/c1-6-4-10-12-5-9(11)13(10)8(3)7(6)2/h4-5H,1-3H3. The van der Waals surface area contributed by atoms with E-state index in [1.807, 2.05) is 6.20 Å². The minimum absolute atomic E-state index is 1.01. The van der Waals surface area contributed by atoms with Gasteiger partial charge in [-0.1, -0.05) is 0 Å². The lowest BCUT2D eigenvalue weighted by atomic mass is 10.1. The minimum atomic E-state index is 1.01. The number of imidazole rings is 1. The van der Waals surface area contributed by atoms with Crippen LogP contribution in [0.2, 0.25) is 0 Å². The molecule has 0 aliphatic rings. The highest BCUT2D eigenvalue weighted by Gasteiger charge is 2.06. The van der Waals surface area contributed by atoms with Crippen LogP contribution in [0.5, 0.6) is 0 Å². The molecule has 68 valence electrons. The molecule has 0 fully saturated rings. The van der Waals surface area contributed by atoms with E-state index in [9.17, 15) is 0 Å². The second-order valence-electron chi connectivity index (χ2n) is 3.31. The summed E-state index contributed by atoms with van der Waals surface area (Å²) < 4.78 is 3.13. The zero-order valence-electron chi connectivity index (χ0n) is 7.93. The Morgan fingerprint density at radius 3 is 2.69 bits per heavy atom. The van der Waals surface area contributed by atoms with Gasteiger partial charge in [-0.05, 0) is 53.9 Å². The summed E-state index contributed by atoms with van der Waals surface area (Å²) in [6.07, 6.45) is 1.83. The van der Waals surface area contributed by atoms with E-state index in [2.05, 4.69) is 52.2 Å². The van der Waals surface area contributed by atoms with Gasteiger partial charge in [-0.25, -0.2) is 4.98 Å². The Morgan fingerprint density at radius 1 is 1.31 bits per heavy atom. The first-order valence-corrected chi connectivity index (χ1v) is 5.00. The van der Waals surface area contributed by atoms with Crippen molar-refractivity contribution in [3.05, 3.63) is 33.7 Å².